The lowest BCUT2D eigenvalue weighted by Gasteiger charge is -2.32. The lowest BCUT2D eigenvalue weighted by Crippen LogP contribution is -2.46. The quantitative estimate of drug-likeness (QED) is 0.714. The lowest BCUT2D eigenvalue weighted by atomic mass is 9.94. The molecule has 1 aromatic rings. The van der Waals surface area contributed by atoms with Crippen LogP contribution >= 0.6 is 0 Å². The SMILES string of the molecule is CC(=O)N(C1CCCCC1)S(=O)(=O)Oc1c(C(C)C)cccc1C(C)C. The third kappa shape index (κ3) is 4.58. The Bertz CT molecular complexity index is 708. The Morgan fingerprint density at radius 1 is 1.04 bits per heavy atom. The van der Waals surface area contributed by atoms with E-state index in [1.807, 2.05) is 45.9 Å². The van der Waals surface area contributed by atoms with Gasteiger partial charge in [-0.05, 0) is 35.8 Å². The maximum Gasteiger partial charge on any atom is 0.412 e. The van der Waals surface area contributed by atoms with Crippen molar-refractivity contribution in [2.45, 2.75) is 84.6 Å². The van der Waals surface area contributed by atoms with Crippen molar-refractivity contribution < 1.29 is 17.4 Å². The highest BCUT2D eigenvalue weighted by Gasteiger charge is 2.36. The predicted octanol–water partition coefficient (Wildman–Crippen LogP) is 4.74. The number of nitrogens with zero attached hydrogens (tertiary/aromatic N) is 1. The third-order valence-electron chi connectivity index (χ3n) is 4.97. The first kappa shape index (κ1) is 20.7. The van der Waals surface area contributed by atoms with Crippen LogP contribution in [-0.4, -0.2) is 24.7 Å². The van der Waals surface area contributed by atoms with E-state index in [1.54, 1.807) is 0 Å². The Labute approximate surface area is 158 Å². The molecule has 0 spiro atoms. The molecular formula is C20H31NO4S. The monoisotopic (exact) mass is 381 g/mol. The van der Waals surface area contributed by atoms with Gasteiger partial charge >= 0.3 is 10.3 Å². The number of carbonyl (C=O) groups excluding carboxylic acids is 1. The molecule has 6 heteroatoms. The number of carbonyl (C=O) groups is 1. The second-order valence-electron chi connectivity index (χ2n) is 7.72. The summed E-state index contributed by atoms with van der Waals surface area (Å²) in [5.74, 6) is 0.114. The van der Waals surface area contributed by atoms with Crippen molar-refractivity contribution in [3.8, 4) is 5.75 Å². The standard InChI is InChI=1S/C20H31NO4S/c1-14(2)18-12-9-13-19(15(3)4)20(18)25-26(23,24)21(16(5)22)17-10-7-6-8-11-17/h9,12-15,17H,6-8,10-11H2,1-5H3. The van der Waals surface area contributed by atoms with Crippen molar-refractivity contribution in [2.75, 3.05) is 0 Å². The smallest absolute Gasteiger partial charge is 0.366 e. The van der Waals surface area contributed by atoms with Crippen molar-refractivity contribution >= 4 is 16.2 Å². The molecule has 26 heavy (non-hydrogen) atoms. The van der Waals surface area contributed by atoms with Crippen molar-refractivity contribution in [1.82, 2.24) is 4.31 Å². The summed E-state index contributed by atoms with van der Waals surface area (Å²) in [6.45, 7) is 9.31. The molecule has 5 nitrogen and oxygen atoms in total. The van der Waals surface area contributed by atoms with E-state index in [9.17, 15) is 13.2 Å². The van der Waals surface area contributed by atoms with Crippen molar-refractivity contribution in [3.05, 3.63) is 29.3 Å². The second kappa shape index (κ2) is 8.42. The highest BCUT2D eigenvalue weighted by Crippen LogP contribution is 2.36. The van der Waals surface area contributed by atoms with E-state index in [4.69, 9.17) is 4.18 Å². The zero-order valence-electron chi connectivity index (χ0n) is 16.5. The minimum atomic E-state index is -4.20. The summed E-state index contributed by atoms with van der Waals surface area (Å²) in [6.07, 6.45) is 4.35. The van der Waals surface area contributed by atoms with Crippen molar-refractivity contribution in [1.29, 1.82) is 0 Å². The largest absolute Gasteiger partial charge is 0.412 e. The van der Waals surface area contributed by atoms with E-state index in [0.717, 1.165) is 34.7 Å². The van der Waals surface area contributed by atoms with Crippen LogP contribution in [0.5, 0.6) is 5.75 Å². The van der Waals surface area contributed by atoms with Crippen LogP contribution < -0.4 is 4.18 Å². The molecule has 0 unspecified atom stereocenters. The molecule has 0 radical (unpaired) electrons. The topological polar surface area (TPSA) is 63.7 Å². The van der Waals surface area contributed by atoms with E-state index in [-0.39, 0.29) is 17.9 Å². The van der Waals surface area contributed by atoms with Gasteiger partial charge in [0, 0.05) is 6.92 Å². The van der Waals surface area contributed by atoms with E-state index >= 15 is 0 Å². The summed E-state index contributed by atoms with van der Waals surface area (Å²) in [6, 6.07) is 5.40. The summed E-state index contributed by atoms with van der Waals surface area (Å²) in [4.78, 5) is 12.2. The van der Waals surface area contributed by atoms with Gasteiger partial charge in [-0.3, -0.25) is 4.79 Å². The van der Waals surface area contributed by atoms with Gasteiger partial charge in [0.15, 0.2) is 5.75 Å². The van der Waals surface area contributed by atoms with Gasteiger partial charge < -0.3 is 4.18 Å². The summed E-state index contributed by atoms with van der Waals surface area (Å²) in [7, 11) is -4.20. The highest BCUT2D eigenvalue weighted by molar-refractivity contribution is 7.85. The lowest BCUT2D eigenvalue weighted by molar-refractivity contribution is -0.126. The molecule has 146 valence electrons. The van der Waals surface area contributed by atoms with Crippen LogP contribution in [0.25, 0.3) is 0 Å². The second-order valence-corrected chi connectivity index (χ2v) is 9.14. The van der Waals surface area contributed by atoms with Crippen LogP contribution in [-0.2, 0) is 15.1 Å². The van der Waals surface area contributed by atoms with Gasteiger partial charge in [0.2, 0.25) is 5.91 Å². The van der Waals surface area contributed by atoms with Crippen LogP contribution in [0, 0.1) is 0 Å². The molecule has 1 aliphatic carbocycles. The Morgan fingerprint density at radius 2 is 1.54 bits per heavy atom. The van der Waals surface area contributed by atoms with Gasteiger partial charge in [0.05, 0.1) is 6.04 Å². The number of amides is 1. The fourth-order valence-corrected chi connectivity index (χ4v) is 5.01. The van der Waals surface area contributed by atoms with Crippen molar-refractivity contribution in [3.63, 3.8) is 0 Å². The van der Waals surface area contributed by atoms with E-state index in [2.05, 4.69) is 0 Å². The fraction of sp³-hybridized carbons (Fsp3) is 0.650. The fourth-order valence-electron chi connectivity index (χ4n) is 3.64. The molecule has 1 saturated carbocycles. The molecule has 0 N–H and O–H groups in total. The van der Waals surface area contributed by atoms with Crippen LogP contribution in [0.2, 0.25) is 0 Å². The molecule has 1 fully saturated rings. The van der Waals surface area contributed by atoms with Crippen LogP contribution in [0.3, 0.4) is 0 Å². The molecular weight excluding hydrogens is 350 g/mol. The minimum Gasteiger partial charge on any atom is -0.366 e. The van der Waals surface area contributed by atoms with Gasteiger partial charge in [0.25, 0.3) is 0 Å². The van der Waals surface area contributed by atoms with Crippen LogP contribution in [0.4, 0.5) is 0 Å². The average Bonchev–Trinajstić information content (AvgIpc) is 2.54. The highest BCUT2D eigenvalue weighted by atomic mass is 32.2. The zero-order valence-corrected chi connectivity index (χ0v) is 17.3. The molecule has 1 amide bonds. The van der Waals surface area contributed by atoms with Gasteiger partial charge in [-0.2, -0.15) is 8.42 Å². The number of rotatable bonds is 6. The normalized spacial score (nSPS) is 16.1. The maximum absolute atomic E-state index is 13.1. The average molecular weight is 382 g/mol. The number of benzene rings is 1. The van der Waals surface area contributed by atoms with Gasteiger partial charge in [-0.15, -0.1) is 0 Å². The third-order valence-corrected chi connectivity index (χ3v) is 6.38. The first-order valence-electron chi connectivity index (χ1n) is 9.52. The molecule has 0 heterocycles. The molecule has 0 saturated heterocycles. The Balaban J connectivity index is 2.45. The van der Waals surface area contributed by atoms with E-state index in [0.29, 0.717) is 18.6 Å². The minimum absolute atomic E-state index is 0.111. The molecule has 1 aliphatic rings. The molecule has 1 aromatic carbocycles. The predicted molar refractivity (Wildman–Crippen MR) is 104 cm³/mol. The first-order valence-corrected chi connectivity index (χ1v) is 10.9. The summed E-state index contributed by atoms with van der Waals surface area (Å²) < 4.78 is 32.8. The van der Waals surface area contributed by atoms with E-state index < -0.39 is 16.2 Å². The molecule has 2 rings (SSSR count). The Kier molecular flexibility index (Phi) is 6.72. The van der Waals surface area contributed by atoms with Crippen LogP contribution in [0.15, 0.2) is 18.2 Å². The summed E-state index contributed by atoms with van der Waals surface area (Å²) >= 11 is 0. The molecule has 0 aliphatic heterocycles. The number of hydrogen-bond donors (Lipinski definition) is 0. The van der Waals surface area contributed by atoms with Crippen molar-refractivity contribution in [2.24, 2.45) is 0 Å². The maximum atomic E-state index is 13.1. The zero-order chi connectivity index (χ0) is 19.5. The number of hydrogen-bond acceptors (Lipinski definition) is 4. The van der Waals surface area contributed by atoms with Gasteiger partial charge in [-0.25, -0.2) is 4.31 Å². The van der Waals surface area contributed by atoms with Gasteiger partial charge in [0.1, 0.15) is 0 Å². The molecule has 0 atom stereocenters. The molecule has 0 aromatic heterocycles. The Morgan fingerprint density at radius 3 is 1.96 bits per heavy atom. The summed E-state index contributed by atoms with van der Waals surface area (Å²) in [5.41, 5.74) is 1.68. The first-order chi connectivity index (χ1) is 12.1. The summed E-state index contributed by atoms with van der Waals surface area (Å²) in [5, 5.41) is 0. The number of para-hydroxylation sites is 1. The Hall–Kier alpha value is -1.56. The van der Waals surface area contributed by atoms with Gasteiger partial charge in [-0.1, -0.05) is 65.2 Å². The molecule has 0 bridgehead atoms. The van der Waals surface area contributed by atoms with E-state index in [1.165, 1.54) is 6.92 Å². The van der Waals surface area contributed by atoms with Crippen LogP contribution in [0.1, 0.15) is 89.7 Å².